The van der Waals surface area contributed by atoms with Crippen LogP contribution < -0.4 is 14.8 Å². The number of methoxy groups -OCH3 is 2. The standard InChI is InChI=1S/C17H15Cl2NO3/c1-22-15-10-14(16(23-2)9-13(15)19)20-17(21)7-6-11-4-3-5-12(18)8-11/h3-10H,1-2H3,(H,20,21). The topological polar surface area (TPSA) is 47.6 Å². The van der Waals surface area contributed by atoms with E-state index < -0.39 is 0 Å². The molecule has 0 aliphatic carbocycles. The molecule has 0 aromatic heterocycles. The third-order valence-corrected chi connectivity index (χ3v) is 3.54. The molecule has 0 saturated heterocycles. The second-order valence-electron chi connectivity index (χ2n) is 4.56. The highest BCUT2D eigenvalue weighted by Gasteiger charge is 2.11. The maximum Gasteiger partial charge on any atom is 0.248 e. The first-order valence-electron chi connectivity index (χ1n) is 6.69. The van der Waals surface area contributed by atoms with Crippen molar-refractivity contribution in [2.24, 2.45) is 0 Å². The van der Waals surface area contributed by atoms with Crippen molar-refractivity contribution in [3.63, 3.8) is 0 Å². The van der Waals surface area contributed by atoms with Crippen LogP contribution in [0.15, 0.2) is 42.5 Å². The van der Waals surface area contributed by atoms with Crippen LogP contribution in [-0.4, -0.2) is 20.1 Å². The monoisotopic (exact) mass is 351 g/mol. The van der Waals surface area contributed by atoms with Gasteiger partial charge in [0, 0.05) is 23.2 Å². The van der Waals surface area contributed by atoms with Crippen LogP contribution in [0.2, 0.25) is 10.0 Å². The molecule has 0 atom stereocenters. The zero-order valence-electron chi connectivity index (χ0n) is 12.6. The molecule has 2 rings (SSSR count). The molecule has 6 heteroatoms. The second kappa shape index (κ2) is 7.90. The van der Waals surface area contributed by atoms with E-state index in [9.17, 15) is 4.79 Å². The molecule has 1 amide bonds. The minimum absolute atomic E-state index is 0.312. The van der Waals surface area contributed by atoms with Gasteiger partial charge in [0.15, 0.2) is 0 Å². The number of carbonyl (C=O) groups excluding carboxylic acids is 1. The zero-order valence-corrected chi connectivity index (χ0v) is 14.1. The molecule has 23 heavy (non-hydrogen) atoms. The fourth-order valence-corrected chi connectivity index (χ4v) is 2.34. The number of hydrogen-bond donors (Lipinski definition) is 1. The minimum atomic E-state index is -0.312. The lowest BCUT2D eigenvalue weighted by atomic mass is 10.2. The van der Waals surface area contributed by atoms with Crippen molar-refractivity contribution in [2.75, 3.05) is 19.5 Å². The molecule has 0 radical (unpaired) electrons. The number of amides is 1. The van der Waals surface area contributed by atoms with E-state index in [4.69, 9.17) is 32.7 Å². The molecule has 0 aliphatic heterocycles. The van der Waals surface area contributed by atoms with E-state index in [-0.39, 0.29) is 5.91 Å². The van der Waals surface area contributed by atoms with Crippen LogP contribution in [-0.2, 0) is 4.79 Å². The molecule has 4 nitrogen and oxygen atoms in total. The second-order valence-corrected chi connectivity index (χ2v) is 5.41. The Morgan fingerprint density at radius 3 is 2.48 bits per heavy atom. The highest BCUT2D eigenvalue weighted by molar-refractivity contribution is 6.32. The van der Waals surface area contributed by atoms with E-state index in [0.717, 1.165) is 5.56 Å². The molecule has 0 bridgehead atoms. The summed E-state index contributed by atoms with van der Waals surface area (Å²) in [6.45, 7) is 0. The van der Waals surface area contributed by atoms with Crippen molar-refractivity contribution in [3.05, 3.63) is 58.1 Å². The molecular formula is C17H15Cl2NO3. The maximum absolute atomic E-state index is 12.1. The molecule has 2 aromatic carbocycles. The van der Waals surface area contributed by atoms with Gasteiger partial charge < -0.3 is 14.8 Å². The Morgan fingerprint density at radius 1 is 1.09 bits per heavy atom. The Hall–Kier alpha value is -2.17. The number of anilines is 1. The van der Waals surface area contributed by atoms with Gasteiger partial charge in [0.1, 0.15) is 11.5 Å². The van der Waals surface area contributed by atoms with Crippen molar-refractivity contribution in [1.29, 1.82) is 0 Å². The summed E-state index contributed by atoms with van der Waals surface area (Å²) < 4.78 is 10.3. The van der Waals surface area contributed by atoms with Crippen molar-refractivity contribution in [3.8, 4) is 11.5 Å². The zero-order chi connectivity index (χ0) is 16.8. The summed E-state index contributed by atoms with van der Waals surface area (Å²) in [4.78, 5) is 12.1. The van der Waals surface area contributed by atoms with Gasteiger partial charge in [0.05, 0.1) is 24.9 Å². The minimum Gasteiger partial charge on any atom is -0.495 e. The lowest BCUT2D eigenvalue weighted by Crippen LogP contribution is -2.09. The van der Waals surface area contributed by atoms with Crippen LogP contribution in [0.4, 0.5) is 5.69 Å². The van der Waals surface area contributed by atoms with E-state index in [2.05, 4.69) is 5.32 Å². The first-order chi connectivity index (χ1) is 11.0. The third-order valence-electron chi connectivity index (χ3n) is 3.01. The quantitative estimate of drug-likeness (QED) is 0.796. The van der Waals surface area contributed by atoms with Crippen LogP contribution in [0.5, 0.6) is 11.5 Å². The number of ether oxygens (including phenoxy) is 2. The summed E-state index contributed by atoms with van der Waals surface area (Å²) in [5.74, 6) is 0.578. The SMILES string of the molecule is COc1cc(NC(=O)C=Cc2cccc(Cl)c2)c(OC)cc1Cl. The molecule has 0 saturated carbocycles. The fourth-order valence-electron chi connectivity index (χ4n) is 1.91. The van der Waals surface area contributed by atoms with Gasteiger partial charge in [-0.2, -0.15) is 0 Å². The van der Waals surface area contributed by atoms with Gasteiger partial charge in [-0.05, 0) is 23.8 Å². The molecule has 1 N–H and O–H groups in total. The molecule has 0 fully saturated rings. The van der Waals surface area contributed by atoms with Gasteiger partial charge in [-0.3, -0.25) is 4.79 Å². The van der Waals surface area contributed by atoms with E-state index in [1.807, 2.05) is 12.1 Å². The number of nitrogens with one attached hydrogen (secondary N) is 1. The predicted molar refractivity (Wildman–Crippen MR) is 93.7 cm³/mol. The first-order valence-corrected chi connectivity index (χ1v) is 7.45. The maximum atomic E-state index is 12.1. The molecule has 0 spiro atoms. The third kappa shape index (κ3) is 4.65. The number of benzene rings is 2. The highest BCUT2D eigenvalue weighted by atomic mass is 35.5. The summed E-state index contributed by atoms with van der Waals surface area (Å²) in [6.07, 6.45) is 3.08. The van der Waals surface area contributed by atoms with Gasteiger partial charge in [-0.25, -0.2) is 0 Å². The number of carbonyl (C=O) groups is 1. The van der Waals surface area contributed by atoms with Crippen LogP contribution in [0, 0.1) is 0 Å². The lowest BCUT2D eigenvalue weighted by Gasteiger charge is -2.12. The normalized spacial score (nSPS) is 10.6. The van der Waals surface area contributed by atoms with Crippen molar-refractivity contribution >= 4 is 40.9 Å². The summed E-state index contributed by atoms with van der Waals surface area (Å²) in [5.41, 5.74) is 1.29. The Bertz CT molecular complexity index is 745. The Kier molecular flexibility index (Phi) is 5.90. The summed E-state index contributed by atoms with van der Waals surface area (Å²) in [5, 5.41) is 3.73. The van der Waals surface area contributed by atoms with E-state index in [1.54, 1.807) is 30.3 Å². The molecule has 0 heterocycles. The van der Waals surface area contributed by atoms with Gasteiger partial charge >= 0.3 is 0 Å². The summed E-state index contributed by atoms with van der Waals surface area (Å²) >= 11 is 11.9. The first kappa shape index (κ1) is 17.2. The molecule has 120 valence electrons. The average Bonchev–Trinajstić information content (AvgIpc) is 2.54. The number of hydrogen-bond acceptors (Lipinski definition) is 3. The van der Waals surface area contributed by atoms with E-state index in [1.165, 1.54) is 20.3 Å². The lowest BCUT2D eigenvalue weighted by molar-refractivity contribution is -0.111. The summed E-state index contributed by atoms with van der Waals surface area (Å²) in [7, 11) is 2.99. The molecule has 2 aromatic rings. The number of halogens is 2. The smallest absolute Gasteiger partial charge is 0.248 e. The van der Waals surface area contributed by atoms with Crippen molar-refractivity contribution < 1.29 is 14.3 Å². The largest absolute Gasteiger partial charge is 0.495 e. The van der Waals surface area contributed by atoms with Gasteiger partial charge in [0.2, 0.25) is 5.91 Å². The molecular weight excluding hydrogens is 337 g/mol. The van der Waals surface area contributed by atoms with Gasteiger partial charge in [-0.15, -0.1) is 0 Å². The Labute approximate surface area is 144 Å². The fraction of sp³-hybridized carbons (Fsp3) is 0.118. The highest BCUT2D eigenvalue weighted by Crippen LogP contribution is 2.35. The molecule has 0 aliphatic rings. The van der Waals surface area contributed by atoms with Crippen LogP contribution in [0.1, 0.15) is 5.56 Å². The van der Waals surface area contributed by atoms with Gasteiger partial charge in [-0.1, -0.05) is 35.3 Å². The molecule has 0 unspecified atom stereocenters. The van der Waals surface area contributed by atoms with Crippen molar-refractivity contribution in [2.45, 2.75) is 0 Å². The number of rotatable bonds is 5. The van der Waals surface area contributed by atoms with E-state index in [0.29, 0.717) is 27.2 Å². The predicted octanol–water partition coefficient (Wildman–Crippen LogP) is 4.66. The Morgan fingerprint density at radius 2 is 1.83 bits per heavy atom. The van der Waals surface area contributed by atoms with E-state index >= 15 is 0 Å². The van der Waals surface area contributed by atoms with Crippen LogP contribution in [0.3, 0.4) is 0 Å². The van der Waals surface area contributed by atoms with Crippen molar-refractivity contribution in [1.82, 2.24) is 0 Å². The van der Waals surface area contributed by atoms with Gasteiger partial charge in [0.25, 0.3) is 0 Å². The van der Waals surface area contributed by atoms with Crippen LogP contribution >= 0.6 is 23.2 Å². The Balaban J connectivity index is 2.16. The van der Waals surface area contributed by atoms with Crippen LogP contribution in [0.25, 0.3) is 6.08 Å². The average molecular weight is 352 g/mol. The summed E-state index contributed by atoms with van der Waals surface area (Å²) in [6, 6.07) is 10.4.